The molecular formula is C25H26N4O5. The average Bonchev–Trinajstić information content (AvgIpc) is 3.13. The van der Waals surface area contributed by atoms with Gasteiger partial charge in [-0.25, -0.2) is 0 Å². The van der Waals surface area contributed by atoms with Crippen LogP contribution in [0.5, 0.6) is 5.75 Å². The van der Waals surface area contributed by atoms with Gasteiger partial charge < -0.3 is 19.1 Å². The number of hydrogen-bond acceptors (Lipinski definition) is 7. The lowest BCUT2D eigenvalue weighted by Gasteiger charge is -2.32. The van der Waals surface area contributed by atoms with E-state index in [1.54, 1.807) is 16.7 Å². The number of benzene rings is 2. The molecule has 176 valence electrons. The Morgan fingerprint density at radius 3 is 2.44 bits per heavy atom. The number of hydrogen-bond donors (Lipinski definition) is 0. The third-order valence-electron chi connectivity index (χ3n) is 6.87. The topological polar surface area (TPSA) is 97.9 Å². The summed E-state index contributed by atoms with van der Waals surface area (Å²) in [5.74, 6) is 0.361. The fraction of sp³-hybridized carbons (Fsp3) is 0.360. The molecule has 2 heterocycles. The molecule has 1 aromatic heterocycles. The van der Waals surface area contributed by atoms with Gasteiger partial charge in [0.25, 0.3) is 11.2 Å². The van der Waals surface area contributed by atoms with E-state index in [0.29, 0.717) is 40.1 Å². The summed E-state index contributed by atoms with van der Waals surface area (Å²) in [6.45, 7) is 5.25. The van der Waals surface area contributed by atoms with Crippen LogP contribution < -0.4 is 10.3 Å². The Kier molecular flexibility index (Phi) is 5.66. The second-order valence-electron chi connectivity index (χ2n) is 8.91. The molecule has 3 aromatic rings. The van der Waals surface area contributed by atoms with Gasteiger partial charge in [-0.2, -0.15) is 0 Å². The third-order valence-corrected chi connectivity index (χ3v) is 6.87. The summed E-state index contributed by atoms with van der Waals surface area (Å²) in [4.78, 5) is 42.6. The third kappa shape index (κ3) is 3.66. The number of nitro groups is 1. The van der Waals surface area contributed by atoms with Crippen LogP contribution in [0, 0.1) is 10.1 Å². The first-order chi connectivity index (χ1) is 16.4. The molecule has 0 N–H and O–H groups in total. The molecule has 0 unspecified atom stereocenters. The van der Waals surface area contributed by atoms with Crippen LogP contribution >= 0.6 is 0 Å². The molecule has 34 heavy (non-hydrogen) atoms. The number of ether oxygens (including phenoxy) is 1. The Balaban J connectivity index is 1.61. The molecule has 0 bridgehead atoms. The number of aromatic nitrogens is 1. The van der Waals surface area contributed by atoms with Gasteiger partial charge in [0.15, 0.2) is 5.78 Å². The van der Waals surface area contributed by atoms with Gasteiger partial charge in [-0.3, -0.25) is 19.7 Å². The van der Waals surface area contributed by atoms with Crippen LogP contribution in [0.4, 0.5) is 5.69 Å². The maximum absolute atomic E-state index is 13.6. The standard InChI is InChI=1S/C25H26N4O5/c1-26-10-12-27(13-11-26)8-3-9-28-23-19-7-5-17(34-2)15-20(19)24(30)22(23)18-6-4-16(29(32)33)14-21(18)25(28)31/h4-7,14-15H,3,8-13H2,1-2H3. The molecular weight excluding hydrogens is 436 g/mol. The summed E-state index contributed by atoms with van der Waals surface area (Å²) < 4.78 is 6.94. The molecule has 1 aliphatic carbocycles. The summed E-state index contributed by atoms with van der Waals surface area (Å²) in [5, 5.41) is 12.0. The Hall–Kier alpha value is -3.56. The van der Waals surface area contributed by atoms with Crippen LogP contribution in [-0.4, -0.2) is 72.0 Å². The number of rotatable bonds is 6. The maximum atomic E-state index is 13.6. The number of fused-ring (bicyclic) bond motifs is 5. The predicted octanol–water partition coefficient (Wildman–Crippen LogP) is 2.77. The van der Waals surface area contributed by atoms with Gasteiger partial charge in [0.2, 0.25) is 0 Å². The van der Waals surface area contributed by atoms with Crippen LogP contribution in [0.2, 0.25) is 0 Å². The zero-order chi connectivity index (χ0) is 24.0. The first kappa shape index (κ1) is 22.2. The normalized spacial score (nSPS) is 16.0. The van der Waals surface area contributed by atoms with Crippen LogP contribution in [0.1, 0.15) is 22.3 Å². The van der Waals surface area contributed by atoms with Crippen molar-refractivity contribution in [2.24, 2.45) is 0 Å². The monoisotopic (exact) mass is 462 g/mol. The highest BCUT2D eigenvalue weighted by molar-refractivity contribution is 6.26. The van der Waals surface area contributed by atoms with E-state index in [9.17, 15) is 19.7 Å². The fourth-order valence-electron chi connectivity index (χ4n) is 4.98. The summed E-state index contributed by atoms with van der Waals surface area (Å²) in [6.07, 6.45) is 0.732. The van der Waals surface area contributed by atoms with Gasteiger partial charge in [-0.15, -0.1) is 0 Å². The number of carbonyl (C=O) groups excluding carboxylic acids is 1. The second kappa shape index (κ2) is 8.66. The molecule has 0 radical (unpaired) electrons. The smallest absolute Gasteiger partial charge is 0.270 e. The molecule has 0 saturated carbocycles. The quantitative estimate of drug-likeness (QED) is 0.321. The van der Waals surface area contributed by atoms with Gasteiger partial charge in [0.05, 0.1) is 28.7 Å². The number of nitro benzene ring substituents is 1. The number of likely N-dealkylation sites (N-methyl/N-ethyl adjacent to an activating group) is 1. The fourth-order valence-corrected chi connectivity index (χ4v) is 4.98. The Bertz CT molecular complexity index is 1370. The molecule has 2 aliphatic rings. The molecule has 2 aromatic carbocycles. The minimum atomic E-state index is -0.523. The number of piperazine rings is 1. The van der Waals surface area contributed by atoms with E-state index in [2.05, 4.69) is 16.8 Å². The lowest BCUT2D eigenvalue weighted by Crippen LogP contribution is -2.44. The lowest BCUT2D eigenvalue weighted by atomic mass is 10.0. The van der Waals surface area contributed by atoms with E-state index in [0.717, 1.165) is 39.1 Å². The Morgan fingerprint density at radius 1 is 0.971 bits per heavy atom. The zero-order valence-electron chi connectivity index (χ0n) is 19.2. The summed E-state index contributed by atoms with van der Waals surface area (Å²) in [5.41, 5.74) is 1.70. The SMILES string of the molecule is COc1ccc2c(c1)C(=O)c1c-2n(CCCN2CCN(C)CC2)c(=O)c2cc([N+](=O)[O-])ccc12. The van der Waals surface area contributed by atoms with E-state index >= 15 is 0 Å². The molecule has 1 fully saturated rings. The number of non-ortho nitro benzene ring substituents is 1. The number of nitrogens with zero attached hydrogens (tertiary/aromatic N) is 4. The van der Waals surface area contributed by atoms with Crippen molar-refractivity contribution in [2.75, 3.05) is 46.9 Å². The Morgan fingerprint density at radius 2 is 1.74 bits per heavy atom. The number of ketones is 1. The van der Waals surface area contributed by atoms with Crippen molar-refractivity contribution in [1.29, 1.82) is 0 Å². The highest BCUT2D eigenvalue weighted by Crippen LogP contribution is 2.41. The number of carbonyl (C=O) groups is 1. The van der Waals surface area contributed by atoms with E-state index in [1.807, 2.05) is 6.07 Å². The molecule has 1 aliphatic heterocycles. The summed E-state index contributed by atoms with van der Waals surface area (Å²) in [6, 6.07) is 9.42. The van der Waals surface area contributed by atoms with Gasteiger partial charge in [-0.1, -0.05) is 0 Å². The Labute approximate surface area is 196 Å². The molecule has 0 spiro atoms. The van der Waals surface area contributed by atoms with E-state index in [1.165, 1.54) is 25.3 Å². The average molecular weight is 463 g/mol. The van der Waals surface area contributed by atoms with Crippen molar-refractivity contribution in [3.63, 3.8) is 0 Å². The van der Waals surface area contributed by atoms with E-state index in [4.69, 9.17) is 4.74 Å². The van der Waals surface area contributed by atoms with Crippen molar-refractivity contribution >= 4 is 22.2 Å². The second-order valence-corrected chi connectivity index (χ2v) is 8.91. The number of methoxy groups -OCH3 is 1. The molecule has 9 heteroatoms. The molecule has 0 amide bonds. The first-order valence-electron chi connectivity index (χ1n) is 11.4. The minimum Gasteiger partial charge on any atom is -0.497 e. The summed E-state index contributed by atoms with van der Waals surface area (Å²) in [7, 11) is 3.65. The maximum Gasteiger partial charge on any atom is 0.270 e. The van der Waals surface area contributed by atoms with Crippen LogP contribution in [0.15, 0.2) is 41.2 Å². The minimum absolute atomic E-state index is 0.168. The molecule has 9 nitrogen and oxygen atoms in total. The van der Waals surface area contributed by atoms with Gasteiger partial charge in [0, 0.05) is 61.4 Å². The van der Waals surface area contributed by atoms with Crippen LogP contribution in [-0.2, 0) is 6.54 Å². The first-order valence-corrected chi connectivity index (χ1v) is 11.4. The summed E-state index contributed by atoms with van der Waals surface area (Å²) >= 11 is 0. The van der Waals surface area contributed by atoms with Crippen molar-refractivity contribution in [2.45, 2.75) is 13.0 Å². The highest BCUT2D eigenvalue weighted by atomic mass is 16.6. The van der Waals surface area contributed by atoms with Crippen molar-refractivity contribution in [3.05, 3.63) is 68.0 Å². The van der Waals surface area contributed by atoms with E-state index < -0.39 is 4.92 Å². The van der Waals surface area contributed by atoms with Crippen LogP contribution in [0.25, 0.3) is 22.0 Å². The van der Waals surface area contributed by atoms with Crippen molar-refractivity contribution in [1.82, 2.24) is 14.4 Å². The molecule has 5 rings (SSSR count). The predicted molar refractivity (Wildman–Crippen MR) is 129 cm³/mol. The lowest BCUT2D eigenvalue weighted by molar-refractivity contribution is -0.384. The van der Waals surface area contributed by atoms with Gasteiger partial charge in [0.1, 0.15) is 5.75 Å². The zero-order valence-corrected chi connectivity index (χ0v) is 19.2. The van der Waals surface area contributed by atoms with E-state index in [-0.39, 0.29) is 22.4 Å². The van der Waals surface area contributed by atoms with Crippen molar-refractivity contribution < 1.29 is 14.5 Å². The van der Waals surface area contributed by atoms with Crippen LogP contribution in [0.3, 0.4) is 0 Å². The largest absolute Gasteiger partial charge is 0.497 e. The molecule has 0 atom stereocenters. The van der Waals surface area contributed by atoms with Gasteiger partial charge in [-0.05, 0) is 44.3 Å². The van der Waals surface area contributed by atoms with Crippen molar-refractivity contribution in [3.8, 4) is 17.0 Å². The highest BCUT2D eigenvalue weighted by Gasteiger charge is 2.33. The van der Waals surface area contributed by atoms with Gasteiger partial charge >= 0.3 is 0 Å². The number of pyridine rings is 1. The molecule has 1 saturated heterocycles.